The van der Waals surface area contributed by atoms with Crippen LogP contribution in [-0.4, -0.2) is 82.0 Å². The fourth-order valence-corrected chi connectivity index (χ4v) is 5.70. The monoisotopic (exact) mass is 449 g/mol. The number of amides is 1. The van der Waals surface area contributed by atoms with Gasteiger partial charge in [-0.3, -0.25) is 0 Å². The van der Waals surface area contributed by atoms with Crippen molar-refractivity contribution in [3.63, 3.8) is 0 Å². The van der Waals surface area contributed by atoms with Crippen molar-refractivity contribution in [1.82, 2.24) is 9.80 Å². The Bertz CT molecular complexity index is 901. The van der Waals surface area contributed by atoms with Crippen LogP contribution >= 0.6 is 0 Å². The highest BCUT2D eigenvalue weighted by molar-refractivity contribution is 7.90. The topological polar surface area (TPSA) is 70.2 Å². The maximum absolute atomic E-state index is 12.2. The van der Waals surface area contributed by atoms with Gasteiger partial charge in [-0.2, -0.15) is 0 Å². The van der Waals surface area contributed by atoms with E-state index in [1.165, 1.54) is 6.26 Å². The summed E-state index contributed by atoms with van der Waals surface area (Å²) >= 11 is 0. The van der Waals surface area contributed by atoms with Crippen LogP contribution in [0.2, 0.25) is 0 Å². The molecule has 0 unspecified atom stereocenters. The molecule has 172 valence electrons. The molecule has 31 heavy (non-hydrogen) atoms. The quantitative estimate of drug-likeness (QED) is 0.704. The van der Waals surface area contributed by atoms with Crippen molar-refractivity contribution in [2.24, 2.45) is 11.3 Å². The zero-order chi connectivity index (χ0) is 22.4. The summed E-state index contributed by atoms with van der Waals surface area (Å²) in [5, 5.41) is 0. The maximum Gasteiger partial charge on any atom is 0.410 e. The van der Waals surface area contributed by atoms with Crippen molar-refractivity contribution in [2.45, 2.75) is 44.1 Å². The molecule has 0 aliphatic carbocycles. The predicted molar refractivity (Wildman–Crippen MR) is 121 cm³/mol. The number of sulfone groups is 1. The second-order valence-electron chi connectivity index (χ2n) is 10.7. The van der Waals surface area contributed by atoms with E-state index in [0.717, 1.165) is 64.3 Å². The summed E-state index contributed by atoms with van der Waals surface area (Å²) < 4.78 is 28.7. The van der Waals surface area contributed by atoms with Gasteiger partial charge in [0, 0.05) is 63.2 Å². The molecule has 3 heterocycles. The summed E-state index contributed by atoms with van der Waals surface area (Å²) in [5.74, 6) is 0.649. The molecule has 0 N–H and O–H groups in total. The number of carbonyl (C=O) groups excluding carboxylic acids is 1. The third-order valence-electron chi connectivity index (χ3n) is 6.58. The molecule has 8 heteroatoms. The van der Waals surface area contributed by atoms with E-state index in [2.05, 4.69) is 9.80 Å². The lowest BCUT2D eigenvalue weighted by molar-refractivity contribution is -0.0368. The molecule has 0 radical (unpaired) electrons. The van der Waals surface area contributed by atoms with Crippen LogP contribution in [0.3, 0.4) is 0 Å². The second-order valence-corrected chi connectivity index (χ2v) is 12.7. The number of anilines is 1. The van der Waals surface area contributed by atoms with Gasteiger partial charge in [-0.25, -0.2) is 13.2 Å². The third-order valence-corrected chi connectivity index (χ3v) is 7.71. The molecule has 1 amide bonds. The standard InChI is InChI=1S/C23H35N3O4S/c1-22(2,3)30-21(27)25-11-9-18(10-12-25)13-24-14-23(15-24)16-26(17-23)19-5-7-20(8-6-19)31(4,28)29/h5-8,18H,9-17H2,1-4H3. The Morgan fingerprint density at radius 3 is 2.16 bits per heavy atom. The molecule has 0 aromatic heterocycles. The lowest BCUT2D eigenvalue weighted by atomic mass is 9.72. The van der Waals surface area contributed by atoms with Crippen LogP contribution in [-0.2, 0) is 14.6 Å². The summed E-state index contributed by atoms with van der Waals surface area (Å²) in [6.07, 6.45) is 3.14. The van der Waals surface area contributed by atoms with E-state index in [0.29, 0.717) is 16.2 Å². The number of hydrogen-bond acceptors (Lipinski definition) is 6. The van der Waals surface area contributed by atoms with Gasteiger partial charge in [0.2, 0.25) is 0 Å². The molecule has 3 aliphatic heterocycles. The lowest BCUT2D eigenvalue weighted by Crippen LogP contribution is -2.72. The van der Waals surface area contributed by atoms with Gasteiger partial charge < -0.3 is 19.4 Å². The first-order valence-electron chi connectivity index (χ1n) is 11.2. The van der Waals surface area contributed by atoms with Crippen molar-refractivity contribution in [3.8, 4) is 0 Å². The van der Waals surface area contributed by atoms with E-state index < -0.39 is 15.4 Å². The summed E-state index contributed by atoms with van der Waals surface area (Å²) in [6, 6.07) is 7.23. The highest BCUT2D eigenvalue weighted by Crippen LogP contribution is 2.42. The van der Waals surface area contributed by atoms with E-state index in [4.69, 9.17) is 4.74 Å². The minimum absolute atomic E-state index is 0.187. The highest BCUT2D eigenvalue weighted by Gasteiger charge is 2.51. The molecule has 1 aromatic rings. The van der Waals surface area contributed by atoms with E-state index in [-0.39, 0.29) is 6.09 Å². The Morgan fingerprint density at radius 1 is 1.06 bits per heavy atom. The van der Waals surface area contributed by atoms with Crippen LogP contribution in [0.4, 0.5) is 10.5 Å². The van der Waals surface area contributed by atoms with Gasteiger partial charge in [0.15, 0.2) is 9.84 Å². The molecule has 0 bridgehead atoms. The van der Waals surface area contributed by atoms with Crippen molar-refractivity contribution in [2.75, 3.05) is 57.0 Å². The third kappa shape index (κ3) is 5.17. The van der Waals surface area contributed by atoms with Crippen molar-refractivity contribution < 1.29 is 17.9 Å². The number of benzene rings is 1. The minimum atomic E-state index is -3.14. The van der Waals surface area contributed by atoms with Crippen LogP contribution in [0.15, 0.2) is 29.2 Å². The van der Waals surface area contributed by atoms with Gasteiger partial charge in [-0.1, -0.05) is 0 Å². The fourth-order valence-electron chi connectivity index (χ4n) is 5.07. The number of ether oxygens (including phenoxy) is 1. The van der Waals surface area contributed by atoms with Crippen LogP contribution in [0.5, 0.6) is 0 Å². The Balaban J connectivity index is 1.17. The number of piperidine rings is 1. The summed E-state index contributed by atoms with van der Waals surface area (Å²) in [7, 11) is -3.14. The molecular weight excluding hydrogens is 414 g/mol. The van der Waals surface area contributed by atoms with Crippen molar-refractivity contribution >= 4 is 21.6 Å². The van der Waals surface area contributed by atoms with Gasteiger partial charge in [0.1, 0.15) is 5.60 Å². The molecule has 7 nitrogen and oxygen atoms in total. The minimum Gasteiger partial charge on any atom is -0.444 e. The average molecular weight is 450 g/mol. The molecule has 1 spiro atoms. The smallest absolute Gasteiger partial charge is 0.410 e. The van der Waals surface area contributed by atoms with Crippen LogP contribution in [0.1, 0.15) is 33.6 Å². The molecule has 3 aliphatic rings. The molecule has 4 rings (SSSR count). The number of hydrogen-bond donors (Lipinski definition) is 0. The zero-order valence-electron chi connectivity index (χ0n) is 19.1. The van der Waals surface area contributed by atoms with Crippen LogP contribution in [0, 0.1) is 11.3 Å². The second kappa shape index (κ2) is 7.96. The molecule has 1 aromatic carbocycles. The molecule has 3 fully saturated rings. The summed E-state index contributed by atoms with van der Waals surface area (Å²) in [6.45, 7) is 12.8. The van der Waals surface area contributed by atoms with E-state index in [1.807, 2.05) is 37.8 Å². The van der Waals surface area contributed by atoms with Crippen LogP contribution in [0.25, 0.3) is 0 Å². The molecule has 3 saturated heterocycles. The first-order chi connectivity index (χ1) is 14.4. The van der Waals surface area contributed by atoms with Crippen molar-refractivity contribution in [1.29, 1.82) is 0 Å². The lowest BCUT2D eigenvalue weighted by Gasteiger charge is -2.61. The Labute approximate surface area is 186 Å². The number of rotatable bonds is 4. The van der Waals surface area contributed by atoms with Crippen LogP contribution < -0.4 is 4.90 Å². The van der Waals surface area contributed by atoms with Crippen molar-refractivity contribution in [3.05, 3.63) is 24.3 Å². The van der Waals surface area contributed by atoms with E-state index >= 15 is 0 Å². The highest BCUT2D eigenvalue weighted by atomic mass is 32.2. The number of carbonyl (C=O) groups is 1. The maximum atomic E-state index is 12.2. The number of likely N-dealkylation sites (tertiary alicyclic amines) is 2. The first-order valence-corrected chi connectivity index (χ1v) is 13.1. The van der Waals surface area contributed by atoms with E-state index in [1.54, 1.807) is 12.1 Å². The Morgan fingerprint density at radius 2 is 1.65 bits per heavy atom. The normalized spacial score (nSPS) is 22.2. The van der Waals surface area contributed by atoms with Gasteiger partial charge in [0.25, 0.3) is 0 Å². The first kappa shape index (κ1) is 22.4. The summed E-state index contributed by atoms with van der Waals surface area (Å²) in [4.78, 5) is 19.3. The van der Waals surface area contributed by atoms with Gasteiger partial charge >= 0.3 is 6.09 Å². The Hall–Kier alpha value is -1.80. The van der Waals surface area contributed by atoms with Gasteiger partial charge in [-0.15, -0.1) is 0 Å². The fraction of sp³-hybridized carbons (Fsp3) is 0.696. The Kier molecular flexibility index (Phi) is 5.75. The number of nitrogens with zero attached hydrogens (tertiary/aromatic N) is 3. The SMILES string of the molecule is CC(C)(C)OC(=O)N1CCC(CN2CC3(C2)CN(c2ccc(S(C)(=O)=O)cc2)C3)CC1. The van der Waals surface area contributed by atoms with E-state index in [9.17, 15) is 13.2 Å². The molecular formula is C23H35N3O4S. The molecule has 0 atom stereocenters. The predicted octanol–water partition coefficient (Wildman–Crippen LogP) is 2.86. The summed E-state index contributed by atoms with van der Waals surface area (Å²) in [5.41, 5.74) is 1.06. The van der Waals surface area contributed by atoms with Gasteiger partial charge in [-0.05, 0) is 63.8 Å². The molecule has 0 saturated carbocycles. The van der Waals surface area contributed by atoms with Gasteiger partial charge in [0.05, 0.1) is 4.90 Å². The zero-order valence-corrected chi connectivity index (χ0v) is 20.0. The largest absolute Gasteiger partial charge is 0.444 e. The average Bonchev–Trinajstić information content (AvgIpc) is 2.61.